The molecule has 3 atom stereocenters. The molecule has 33 heavy (non-hydrogen) atoms. The zero-order chi connectivity index (χ0) is 22.8. The number of ether oxygens (including phenoxy) is 2. The molecule has 2 saturated heterocycles. The number of H-pyrrole nitrogens is 1. The van der Waals surface area contributed by atoms with Gasteiger partial charge < -0.3 is 25.0 Å². The van der Waals surface area contributed by atoms with Gasteiger partial charge in [0.2, 0.25) is 5.91 Å². The fourth-order valence-corrected chi connectivity index (χ4v) is 4.38. The van der Waals surface area contributed by atoms with Crippen molar-refractivity contribution >= 4 is 17.8 Å². The largest absolute Gasteiger partial charge is 0.444 e. The van der Waals surface area contributed by atoms with E-state index >= 15 is 0 Å². The first-order valence-electron chi connectivity index (χ1n) is 11.5. The Bertz CT molecular complexity index is 992. The lowest BCUT2D eigenvalue weighted by molar-refractivity contribution is -0.128. The van der Waals surface area contributed by atoms with E-state index in [-0.39, 0.29) is 36.3 Å². The van der Waals surface area contributed by atoms with Crippen LogP contribution in [0.25, 0.3) is 0 Å². The Balaban J connectivity index is 1.06. The van der Waals surface area contributed by atoms with Crippen molar-refractivity contribution in [3.8, 4) is 0 Å². The molecule has 5 rings (SSSR count). The van der Waals surface area contributed by atoms with Gasteiger partial charge in [0.25, 0.3) is 0 Å². The second kappa shape index (κ2) is 9.01. The molecule has 4 heterocycles. The normalized spacial score (nSPS) is 25.6. The van der Waals surface area contributed by atoms with Crippen molar-refractivity contribution in [3.05, 3.63) is 41.9 Å². The van der Waals surface area contributed by atoms with Crippen LogP contribution in [-0.2, 0) is 14.3 Å². The molecule has 2 aromatic rings. The summed E-state index contributed by atoms with van der Waals surface area (Å²) in [5.41, 5.74) is 1.87. The van der Waals surface area contributed by atoms with E-state index in [2.05, 4.69) is 31.9 Å². The Kier molecular flexibility index (Phi) is 5.92. The lowest BCUT2D eigenvalue weighted by atomic mass is 10.0. The van der Waals surface area contributed by atoms with Crippen LogP contribution in [0.3, 0.4) is 0 Å². The van der Waals surface area contributed by atoms with Crippen LogP contribution in [0.15, 0.2) is 30.6 Å². The first-order valence-corrected chi connectivity index (χ1v) is 11.5. The fraction of sp³-hybridized carbons (Fsp3) is 0.565. The SMILES string of the molecule is CC1(NC(=O)O[C@H]2CO[C@@H](c3cc(NCC(=O)N4CC[C@@H](c5cccnc5)C4)n[nH]3)C2)CC1. The van der Waals surface area contributed by atoms with Crippen molar-refractivity contribution in [3.63, 3.8) is 0 Å². The summed E-state index contributed by atoms with van der Waals surface area (Å²) >= 11 is 0. The van der Waals surface area contributed by atoms with E-state index in [9.17, 15) is 9.59 Å². The first kappa shape index (κ1) is 21.7. The summed E-state index contributed by atoms with van der Waals surface area (Å²) in [4.78, 5) is 30.7. The number of hydrogen-bond acceptors (Lipinski definition) is 7. The highest BCUT2D eigenvalue weighted by atomic mass is 16.6. The molecule has 2 amide bonds. The first-order chi connectivity index (χ1) is 16.0. The smallest absolute Gasteiger partial charge is 0.407 e. The van der Waals surface area contributed by atoms with Crippen molar-refractivity contribution < 1.29 is 19.1 Å². The standard InChI is InChI=1S/C23H30N6O4/c1-23(5-6-23)26-22(31)33-17-9-19(32-14-17)18-10-20(28-27-18)25-12-21(30)29-8-4-16(13-29)15-3-2-7-24-11-15/h2-3,7,10-11,16-17,19H,4-6,8-9,12-14H2,1H3,(H,26,31)(H2,25,27,28)/t16-,17-,19-/m1/s1. The molecule has 2 aromatic heterocycles. The number of likely N-dealkylation sites (tertiary alicyclic amines) is 1. The molecule has 3 aliphatic rings. The number of aromatic amines is 1. The highest BCUT2D eigenvalue weighted by molar-refractivity contribution is 5.81. The number of carbonyl (C=O) groups is 2. The lowest BCUT2D eigenvalue weighted by Gasteiger charge is -2.16. The molecule has 10 heteroatoms. The van der Waals surface area contributed by atoms with Gasteiger partial charge in [-0.1, -0.05) is 6.07 Å². The van der Waals surface area contributed by atoms with Gasteiger partial charge in [-0.05, 0) is 37.8 Å². The molecule has 1 saturated carbocycles. The number of nitrogens with one attached hydrogen (secondary N) is 3. The van der Waals surface area contributed by atoms with E-state index in [0.717, 1.165) is 31.5 Å². The molecule has 2 aliphatic heterocycles. The Hall–Kier alpha value is -3.14. The van der Waals surface area contributed by atoms with Gasteiger partial charge in [0.05, 0.1) is 18.8 Å². The molecule has 0 radical (unpaired) electrons. The molecular formula is C23H30N6O4. The molecule has 0 unspecified atom stereocenters. The van der Waals surface area contributed by atoms with Crippen LogP contribution in [-0.4, -0.2) is 70.0 Å². The zero-order valence-electron chi connectivity index (χ0n) is 18.8. The van der Waals surface area contributed by atoms with Crippen molar-refractivity contribution in [2.45, 2.75) is 56.3 Å². The number of alkyl carbamates (subject to hydrolysis) is 1. The van der Waals surface area contributed by atoms with E-state index < -0.39 is 0 Å². The highest BCUT2D eigenvalue weighted by Gasteiger charge is 2.40. The quantitative estimate of drug-likeness (QED) is 0.587. The monoisotopic (exact) mass is 454 g/mol. The number of anilines is 1. The summed E-state index contributed by atoms with van der Waals surface area (Å²) in [6, 6.07) is 5.84. The molecule has 3 N–H and O–H groups in total. The summed E-state index contributed by atoms with van der Waals surface area (Å²) in [5.74, 6) is 0.976. The van der Waals surface area contributed by atoms with Crippen molar-refractivity contribution in [1.29, 1.82) is 0 Å². The van der Waals surface area contributed by atoms with Gasteiger partial charge in [-0.15, -0.1) is 0 Å². The maximum atomic E-state index is 12.6. The van der Waals surface area contributed by atoms with Crippen LogP contribution in [0.1, 0.15) is 55.9 Å². The highest BCUT2D eigenvalue weighted by Crippen LogP contribution is 2.35. The van der Waals surface area contributed by atoms with Crippen LogP contribution in [0.4, 0.5) is 10.6 Å². The number of pyridine rings is 1. The van der Waals surface area contributed by atoms with Gasteiger partial charge in [-0.2, -0.15) is 5.10 Å². The van der Waals surface area contributed by atoms with E-state index in [0.29, 0.717) is 31.3 Å². The Morgan fingerprint density at radius 3 is 3.06 bits per heavy atom. The van der Waals surface area contributed by atoms with E-state index in [1.165, 1.54) is 5.56 Å². The maximum Gasteiger partial charge on any atom is 0.407 e. The second-order valence-electron chi connectivity index (χ2n) is 9.44. The van der Waals surface area contributed by atoms with Crippen LogP contribution in [0.2, 0.25) is 0 Å². The van der Waals surface area contributed by atoms with Gasteiger partial charge in [0.15, 0.2) is 0 Å². The molecule has 0 spiro atoms. The van der Waals surface area contributed by atoms with Gasteiger partial charge in [0, 0.05) is 49.4 Å². The third kappa shape index (κ3) is 5.27. The number of rotatable bonds is 7. The lowest BCUT2D eigenvalue weighted by Crippen LogP contribution is -2.37. The average molecular weight is 455 g/mol. The number of hydrogen-bond donors (Lipinski definition) is 3. The Labute approximate surface area is 192 Å². The minimum Gasteiger partial charge on any atom is -0.444 e. The summed E-state index contributed by atoms with van der Waals surface area (Å²) in [7, 11) is 0. The minimum absolute atomic E-state index is 0.0480. The minimum atomic E-state index is -0.387. The molecule has 10 nitrogen and oxygen atoms in total. The van der Waals surface area contributed by atoms with Crippen LogP contribution >= 0.6 is 0 Å². The van der Waals surface area contributed by atoms with Gasteiger partial charge in [0.1, 0.15) is 18.0 Å². The van der Waals surface area contributed by atoms with Crippen molar-refractivity contribution in [2.24, 2.45) is 0 Å². The maximum absolute atomic E-state index is 12.6. The molecule has 0 aromatic carbocycles. The third-order valence-corrected chi connectivity index (χ3v) is 6.70. The third-order valence-electron chi connectivity index (χ3n) is 6.70. The fourth-order valence-electron chi connectivity index (χ4n) is 4.38. The zero-order valence-corrected chi connectivity index (χ0v) is 18.8. The molecular weight excluding hydrogens is 424 g/mol. The van der Waals surface area contributed by atoms with Crippen molar-refractivity contribution in [2.75, 3.05) is 31.6 Å². The summed E-state index contributed by atoms with van der Waals surface area (Å²) < 4.78 is 11.3. The molecule has 1 aliphatic carbocycles. The number of amides is 2. The Morgan fingerprint density at radius 2 is 2.27 bits per heavy atom. The van der Waals surface area contributed by atoms with Crippen LogP contribution in [0, 0.1) is 0 Å². The summed E-state index contributed by atoms with van der Waals surface area (Å²) in [6.45, 7) is 4.00. The number of aromatic nitrogens is 3. The predicted octanol–water partition coefficient (Wildman–Crippen LogP) is 2.34. The second-order valence-corrected chi connectivity index (χ2v) is 9.44. The van der Waals surface area contributed by atoms with E-state index in [1.54, 1.807) is 6.20 Å². The van der Waals surface area contributed by atoms with Crippen LogP contribution < -0.4 is 10.6 Å². The van der Waals surface area contributed by atoms with Crippen LogP contribution in [0.5, 0.6) is 0 Å². The Morgan fingerprint density at radius 1 is 1.39 bits per heavy atom. The predicted molar refractivity (Wildman–Crippen MR) is 120 cm³/mol. The average Bonchev–Trinajstić information content (AvgIpc) is 3.27. The van der Waals surface area contributed by atoms with E-state index in [4.69, 9.17) is 9.47 Å². The molecule has 176 valence electrons. The van der Waals surface area contributed by atoms with Gasteiger partial charge in [-0.3, -0.25) is 14.9 Å². The van der Waals surface area contributed by atoms with Gasteiger partial charge in [-0.25, -0.2) is 4.79 Å². The number of carbonyl (C=O) groups excluding carboxylic acids is 2. The topological polar surface area (TPSA) is 121 Å². The number of nitrogens with zero attached hydrogens (tertiary/aromatic N) is 3. The van der Waals surface area contributed by atoms with Gasteiger partial charge >= 0.3 is 6.09 Å². The summed E-state index contributed by atoms with van der Waals surface area (Å²) in [6.07, 6.45) is 6.22. The molecule has 3 fully saturated rings. The van der Waals surface area contributed by atoms with Crippen molar-refractivity contribution in [1.82, 2.24) is 25.4 Å². The van der Waals surface area contributed by atoms with E-state index in [1.807, 2.05) is 30.2 Å². The molecule has 0 bridgehead atoms. The summed E-state index contributed by atoms with van der Waals surface area (Å²) in [5, 5.41) is 13.2.